The van der Waals surface area contributed by atoms with Gasteiger partial charge >= 0.3 is 11.9 Å². The Labute approximate surface area is 143 Å². The normalized spacial score (nSPS) is 44.1. The van der Waals surface area contributed by atoms with Gasteiger partial charge in [0.15, 0.2) is 6.10 Å². The van der Waals surface area contributed by atoms with Crippen LogP contribution in [0.2, 0.25) is 0 Å². The Kier molecular flexibility index (Phi) is 4.27. The van der Waals surface area contributed by atoms with Crippen molar-refractivity contribution >= 4 is 11.9 Å². The summed E-state index contributed by atoms with van der Waals surface area (Å²) in [6, 6.07) is 0. The minimum absolute atomic E-state index is 0.0192. The van der Waals surface area contributed by atoms with E-state index in [0.717, 1.165) is 19.3 Å². The summed E-state index contributed by atoms with van der Waals surface area (Å²) in [5.41, 5.74) is 0.742. The highest BCUT2D eigenvalue weighted by molar-refractivity contribution is 5.67. The molecule has 2 aliphatic carbocycles. The van der Waals surface area contributed by atoms with Gasteiger partial charge in [-0.05, 0) is 38.5 Å². The topological polar surface area (TPSA) is 65.1 Å². The number of epoxide rings is 1. The Hall–Kier alpha value is -1.36. The van der Waals surface area contributed by atoms with Crippen LogP contribution in [0.25, 0.3) is 0 Å². The average molecular weight is 336 g/mol. The van der Waals surface area contributed by atoms with Crippen molar-refractivity contribution in [1.29, 1.82) is 0 Å². The fourth-order valence-corrected chi connectivity index (χ4v) is 4.82. The third-order valence-corrected chi connectivity index (χ3v) is 6.30. The van der Waals surface area contributed by atoms with Gasteiger partial charge in [-0.3, -0.25) is 9.59 Å². The Morgan fingerprint density at radius 1 is 1.17 bits per heavy atom. The van der Waals surface area contributed by atoms with Crippen molar-refractivity contribution in [2.45, 2.75) is 84.2 Å². The van der Waals surface area contributed by atoms with Crippen LogP contribution in [-0.4, -0.2) is 35.9 Å². The lowest BCUT2D eigenvalue weighted by molar-refractivity contribution is -0.171. The van der Waals surface area contributed by atoms with Crippen LogP contribution in [-0.2, 0) is 23.8 Å². The lowest BCUT2D eigenvalue weighted by Gasteiger charge is -2.44. The predicted octanol–water partition coefficient (Wildman–Crippen LogP) is 3.16. The largest absolute Gasteiger partial charge is 0.458 e. The van der Waals surface area contributed by atoms with E-state index < -0.39 is 17.8 Å². The van der Waals surface area contributed by atoms with E-state index in [4.69, 9.17) is 14.2 Å². The highest BCUT2D eigenvalue weighted by Crippen LogP contribution is 2.61. The summed E-state index contributed by atoms with van der Waals surface area (Å²) < 4.78 is 17.3. The first-order chi connectivity index (χ1) is 11.2. The van der Waals surface area contributed by atoms with Crippen LogP contribution in [0.15, 0.2) is 11.6 Å². The molecule has 6 atom stereocenters. The second-order valence-corrected chi connectivity index (χ2v) is 7.89. The van der Waals surface area contributed by atoms with Gasteiger partial charge in [-0.25, -0.2) is 0 Å². The molecule has 134 valence electrons. The second kappa shape index (κ2) is 5.87. The highest BCUT2D eigenvalue weighted by atomic mass is 16.7. The number of hydrogen-bond donors (Lipinski definition) is 0. The highest BCUT2D eigenvalue weighted by Gasteiger charge is 2.70. The van der Waals surface area contributed by atoms with E-state index in [-0.39, 0.29) is 23.5 Å². The number of esters is 2. The Bertz CT molecular complexity index is 582. The molecule has 0 bridgehead atoms. The number of carbonyl (C=O) groups is 2. The summed E-state index contributed by atoms with van der Waals surface area (Å²) in [4.78, 5) is 23.2. The van der Waals surface area contributed by atoms with Gasteiger partial charge in [0.1, 0.15) is 17.8 Å². The fourth-order valence-electron chi connectivity index (χ4n) is 4.82. The zero-order chi connectivity index (χ0) is 17.7. The number of ether oxygens (including phenoxy) is 3. The number of carbonyl (C=O) groups excluding carboxylic acids is 2. The molecule has 1 heterocycles. The zero-order valence-corrected chi connectivity index (χ0v) is 15.3. The molecule has 0 amide bonds. The van der Waals surface area contributed by atoms with Crippen molar-refractivity contribution in [3.05, 3.63) is 11.6 Å². The molecular formula is C19H28O5. The summed E-state index contributed by atoms with van der Waals surface area (Å²) >= 11 is 0. The van der Waals surface area contributed by atoms with Crippen LogP contribution < -0.4 is 0 Å². The Morgan fingerprint density at radius 3 is 2.46 bits per heavy atom. The molecule has 1 aliphatic heterocycles. The van der Waals surface area contributed by atoms with Gasteiger partial charge in [0, 0.05) is 19.3 Å². The van der Waals surface area contributed by atoms with Gasteiger partial charge in [-0.15, -0.1) is 0 Å². The van der Waals surface area contributed by atoms with E-state index in [1.54, 1.807) is 0 Å². The third kappa shape index (κ3) is 2.67. The molecule has 0 aromatic rings. The fraction of sp³-hybridized carbons (Fsp3) is 0.789. The first-order valence-electron chi connectivity index (χ1n) is 8.91. The number of allylic oxidation sites excluding steroid dienone is 1. The maximum absolute atomic E-state index is 11.6. The monoisotopic (exact) mass is 336 g/mol. The van der Waals surface area contributed by atoms with Crippen molar-refractivity contribution in [2.75, 3.05) is 0 Å². The van der Waals surface area contributed by atoms with E-state index >= 15 is 0 Å². The zero-order valence-electron chi connectivity index (χ0n) is 15.3. The van der Waals surface area contributed by atoms with Crippen LogP contribution in [0.4, 0.5) is 0 Å². The lowest BCUT2D eigenvalue weighted by Crippen LogP contribution is -2.50. The predicted molar refractivity (Wildman–Crippen MR) is 88.2 cm³/mol. The van der Waals surface area contributed by atoms with Crippen molar-refractivity contribution in [3.8, 4) is 0 Å². The lowest BCUT2D eigenvalue weighted by atomic mass is 9.60. The van der Waals surface area contributed by atoms with Crippen molar-refractivity contribution < 1.29 is 23.8 Å². The van der Waals surface area contributed by atoms with E-state index in [1.165, 1.54) is 19.4 Å². The quantitative estimate of drug-likeness (QED) is 0.440. The molecule has 24 heavy (non-hydrogen) atoms. The molecule has 5 heteroatoms. The summed E-state index contributed by atoms with van der Waals surface area (Å²) in [6.07, 6.45) is 5.00. The number of fused-ring (bicyclic) bond motifs is 3. The van der Waals surface area contributed by atoms with Gasteiger partial charge in [0.25, 0.3) is 0 Å². The van der Waals surface area contributed by atoms with E-state index in [0.29, 0.717) is 12.3 Å². The maximum atomic E-state index is 11.6. The van der Waals surface area contributed by atoms with Crippen molar-refractivity contribution in [2.24, 2.45) is 11.3 Å². The summed E-state index contributed by atoms with van der Waals surface area (Å²) in [5.74, 6) is -0.217. The number of rotatable bonds is 2. The standard InChI is InChI=1S/C19H28O5/c1-11-7-6-8-14-9-10-15(22-12(2)20)16(23-13(3)21)19(5)17(24-19)18(11,14)4/h8,11,15-17H,6-7,9-10H2,1-5H3/t11-,15-,16-,17+,18+,19-/m0/s1. The van der Waals surface area contributed by atoms with Gasteiger partial charge in [0.05, 0.1) is 0 Å². The smallest absolute Gasteiger partial charge is 0.303 e. The van der Waals surface area contributed by atoms with Gasteiger partial charge in [0.2, 0.25) is 0 Å². The molecule has 3 rings (SSSR count). The first-order valence-corrected chi connectivity index (χ1v) is 8.91. The summed E-state index contributed by atoms with van der Waals surface area (Å²) in [6.45, 7) is 9.32. The summed E-state index contributed by atoms with van der Waals surface area (Å²) in [7, 11) is 0. The SMILES string of the molecule is CC(=O)O[C@H]1CCC2=CCC[C@H](C)[C@@]2(C)[C@H]2O[C@@]2(C)[C@H]1OC(C)=O. The van der Waals surface area contributed by atoms with Crippen LogP contribution in [0.5, 0.6) is 0 Å². The molecule has 0 radical (unpaired) electrons. The molecule has 0 aromatic heterocycles. The van der Waals surface area contributed by atoms with Gasteiger partial charge in [-0.1, -0.05) is 25.5 Å². The molecule has 2 fully saturated rings. The van der Waals surface area contributed by atoms with Crippen LogP contribution in [0.3, 0.4) is 0 Å². The molecule has 0 N–H and O–H groups in total. The average Bonchev–Trinajstić information content (AvgIpc) is 3.17. The minimum Gasteiger partial charge on any atom is -0.458 e. The first kappa shape index (κ1) is 17.5. The van der Waals surface area contributed by atoms with E-state index in [9.17, 15) is 9.59 Å². The van der Waals surface area contributed by atoms with Gasteiger partial charge in [-0.2, -0.15) is 0 Å². The minimum atomic E-state index is -0.606. The molecular weight excluding hydrogens is 308 g/mol. The van der Waals surface area contributed by atoms with Crippen LogP contribution in [0.1, 0.15) is 60.3 Å². The Balaban J connectivity index is 1.98. The second-order valence-electron chi connectivity index (χ2n) is 7.89. The van der Waals surface area contributed by atoms with Crippen molar-refractivity contribution in [1.82, 2.24) is 0 Å². The van der Waals surface area contributed by atoms with Crippen LogP contribution >= 0.6 is 0 Å². The van der Waals surface area contributed by atoms with Crippen LogP contribution in [0, 0.1) is 11.3 Å². The molecule has 1 saturated carbocycles. The van der Waals surface area contributed by atoms with E-state index in [1.807, 2.05) is 6.92 Å². The summed E-state index contributed by atoms with van der Waals surface area (Å²) in [5, 5.41) is 0. The molecule has 3 aliphatic rings. The Morgan fingerprint density at radius 2 is 1.83 bits per heavy atom. The van der Waals surface area contributed by atoms with E-state index in [2.05, 4.69) is 19.9 Å². The third-order valence-electron chi connectivity index (χ3n) is 6.30. The molecule has 0 spiro atoms. The van der Waals surface area contributed by atoms with Crippen molar-refractivity contribution in [3.63, 3.8) is 0 Å². The molecule has 5 nitrogen and oxygen atoms in total. The molecule has 1 saturated heterocycles. The molecule has 0 unspecified atom stereocenters. The molecule has 0 aromatic carbocycles. The number of hydrogen-bond acceptors (Lipinski definition) is 5. The maximum Gasteiger partial charge on any atom is 0.303 e. The van der Waals surface area contributed by atoms with Gasteiger partial charge < -0.3 is 14.2 Å².